The lowest BCUT2D eigenvalue weighted by atomic mass is 9.74. The number of amides is 2. The normalized spacial score (nSPS) is 32.0. The summed E-state index contributed by atoms with van der Waals surface area (Å²) in [6.07, 6.45) is 9.80. The highest BCUT2D eigenvalue weighted by Gasteiger charge is 2.46. The molecule has 0 N–H and O–H groups in total. The van der Waals surface area contributed by atoms with Gasteiger partial charge in [-0.25, -0.2) is 0 Å². The zero-order valence-corrected chi connectivity index (χ0v) is 13.2. The highest BCUT2D eigenvalue weighted by atomic mass is 16.2. The van der Waals surface area contributed by atoms with Crippen molar-refractivity contribution in [1.82, 2.24) is 9.80 Å². The number of carbonyl (C=O) groups is 2. The molecule has 2 saturated heterocycles. The van der Waals surface area contributed by atoms with Gasteiger partial charge in [-0.1, -0.05) is 19.1 Å². The monoisotopic (exact) mass is 290 g/mol. The van der Waals surface area contributed by atoms with E-state index in [-0.39, 0.29) is 16.7 Å². The summed E-state index contributed by atoms with van der Waals surface area (Å²) < 4.78 is 0. The summed E-state index contributed by atoms with van der Waals surface area (Å²) in [5, 5.41) is 0. The fraction of sp³-hybridized carbons (Fsp3) is 0.765. The van der Waals surface area contributed by atoms with Crippen LogP contribution in [0.2, 0.25) is 0 Å². The van der Waals surface area contributed by atoms with Crippen LogP contribution in [0.15, 0.2) is 12.2 Å². The Labute approximate surface area is 127 Å². The van der Waals surface area contributed by atoms with Gasteiger partial charge in [0.15, 0.2) is 0 Å². The van der Waals surface area contributed by atoms with Crippen LogP contribution < -0.4 is 0 Å². The first-order valence-corrected chi connectivity index (χ1v) is 8.13. The summed E-state index contributed by atoms with van der Waals surface area (Å²) in [6.45, 7) is 4.61. The van der Waals surface area contributed by atoms with Crippen LogP contribution >= 0.6 is 0 Å². The molecule has 3 aliphatic rings. The van der Waals surface area contributed by atoms with Crippen LogP contribution in [0.4, 0.5) is 0 Å². The van der Waals surface area contributed by atoms with Crippen molar-refractivity contribution in [3.63, 3.8) is 0 Å². The third-order valence-electron chi connectivity index (χ3n) is 5.75. The summed E-state index contributed by atoms with van der Waals surface area (Å²) in [7, 11) is 1.89. The molecule has 0 aromatic heterocycles. The van der Waals surface area contributed by atoms with E-state index in [4.69, 9.17) is 0 Å². The average Bonchev–Trinajstić information content (AvgIpc) is 2.74. The average molecular weight is 290 g/mol. The first kappa shape index (κ1) is 14.6. The van der Waals surface area contributed by atoms with Gasteiger partial charge < -0.3 is 9.80 Å². The van der Waals surface area contributed by atoms with Gasteiger partial charge in [-0.15, -0.1) is 0 Å². The van der Waals surface area contributed by atoms with Gasteiger partial charge in [0.2, 0.25) is 11.8 Å². The van der Waals surface area contributed by atoms with Crippen LogP contribution in [0.1, 0.15) is 45.4 Å². The molecule has 21 heavy (non-hydrogen) atoms. The van der Waals surface area contributed by atoms with E-state index < -0.39 is 0 Å². The smallest absolute Gasteiger partial charge is 0.228 e. The fourth-order valence-electron chi connectivity index (χ4n) is 4.16. The predicted octanol–water partition coefficient (Wildman–Crippen LogP) is 2.20. The molecule has 2 amide bonds. The van der Waals surface area contributed by atoms with Crippen molar-refractivity contribution in [2.75, 3.05) is 26.7 Å². The minimum Gasteiger partial charge on any atom is -0.345 e. The number of allylic oxidation sites excluding steroid dienone is 2. The Balaban J connectivity index is 1.62. The number of carbonyl (C=O) groups excluding carboxylic acids is 2. The molecule has 1 unspecified atom stereocenters. The maximum absolute atomic E-state index is 12.8. The van der Waals surface area contributed by atoms with Crippen molar-refractivity contribution in [1.29, 1.82) is 0 Å². The van der Waals surface area contributed by atoms with Gasteiger partial charge in [-0.2, -0.15) is 0 Å². The van der Waals surface area contributed by atoms with E-state index in [1.165, 1.54) is 0 Å². The second-order valence-corrected chi connectivity index (χ2v) is 7.49. The van der Waals surface area contributed by atoms with Gasteiger partial charge >= 0.3 is 0 Å². The van der Waals surface area contributed by atoms with Crippen LogP contribution in [0.3, 0.4) is 0 Å². The lowest BCUT2D eigenvalue weighted by Crippen LogP contribution is -2.49. The molecule has 4 heteroatoms. The largest absolute Gasteiger partial charge is 0.345 e. The van der Waals surface area contributed by atoms with Crippen molar-refractivity contribution in [2.45, 2.75) is 45.4 Å². The van der Waals surface area contributed by atoms with Crippen molar-refractivity contribution < 1.29 is 9.59 Å². The quantitative estimate of drug-likeness (QED) is 0.695. The maximum Gasteiger partial charge on any atom is 0.228 e. The van der Waals surface area contributed by atoms with Crippen LogP contribution in [-0.4, -0.2) is 48.3 Å². The molecular weight excluding hydrogens is 264 g/mol. The minimum absolute atomic E-state index is 0.135. The van der Waals surface area contributed by atoms with E-state index in [1.807, 2.05) is 16.8 Å². The van der Waals surface area contributed by atoms with E-state index >= 15 is 0 Å². The topological polar surface area (TPSA) is 40.6 Å². The summed E-state index contributed by atoms with van der Waals surface area (Å²) in [5.41, 5.74) is -0.0719. The number of likely N-dealkylation sites (tertiary alicyclic amines) is 2. The van der Waals surface area contributed by atoms with Gasteiger partial charge in [0, 0.05) is 38.5 Å². The lowest BCUT2D eigenvalue weighted by molar-refractivity contribution is -0.144. The molecule has 3 rings (SSSR count). The molecule has 1 atom stereocenters. The first-order chi connectivity index (χ1) is 9.94. The first-order valence-electron chi connectivity index (χ1n) is 8.13. The lowest BCUT2D eigenvalue weighted by Gasteiger charge is -2.42. The summed E-state index contributed by atoms with van der Waals surface area (Å²) in [5.74, 6) is 0.582. The number of rotatable bonds is 1. The minimum atomic E-state index is -0.207. The van der Waals surface area contributed by atoms with Crippen molar-refractivity contribution in [2.24, 2.45) is 10.8 Å². The molecule has 0 aromatic carbocycles. The Morgan fingerprint density at radius 2 is 1.90 bits per heavy atom. The van der Waals surface area contributed by atoms with E-state index in [1.54, 1.807) is 0 Å². The van der Waals surface area contributed by atoms with Crippen molar-refractivity contribution in [3.8, 4) is 0 Å². The van der Waals surface area contributed by atoms with Gasteiger partial charge in [-0.05, 0) is 32.1 Å². The highest BCUT2D eigenvalue weighted by Crippen LogP contribution is 2.42. The predicted molar refractivity (Wildman–Crippen MR) is 81.6 cm³/mol. The molecule has 0 bridgehead atoms. The number of hydrogen-bond donors (Lipinski definition) is 0. The second-order valence-electron chi connectivity index (χ2n) is 7.49. The van der Waals surface area contributed by atoms with Gasteiger partial charge in [0.1, 0.15) is 0 Å². The Bertz CT molecular complexity index is 477. The molecule has 4 nitrogen and oxygen atoms in total. The van der Waals surface area contributed by atoms with E-state index in [0.717, 1.165) is 51.7 Å². The van der Waals surface area contributed by atoms with E-state index in [9.17, 15) is 9.59 Å². The number of nitrogens with zero attached hydrogens (tertiary/aromatic N) is 2. The summed E-state index contributed by atoms with van der Waals surface area (Å²) in [6, 6.07) is 0. The molecule has 2 aliphatic heterocycles. The zero-order valence-electron chi connectivity index (χ0n) is 13.2. The molecule has 2 fully saturated rings. The molecule has 1 spiro atoms. The van der Waals surface area contributed by atoms with Gasteiger partial charge in [-0.3, -0.25) is 9.59 Å². The molecular formula is C17H26N2O2. The highest BCUT2D eigenvalue weighted by molar-refractivity contribution is 5.83. The Kier molecular flexibility index (Phi) is 3.58. The van der Waals surface area contributed by atoms with Gasteiger partial charge in [0.25, 0.3) is 0 Å². The van der Waals surface area contributed by atoms with Gasteiger partial charge in [0.05, 0.1) is 5.41 Å². The Morgan fingerprint density at radius 3 is 2.43 bits per heavy atom. The number of piperidine rings is 1. The third-order valence-corrected chi connectivity index (χ3v) is 5.75. The SMILES string of the molecule is CN1CC2(CCN(C(=O)C3(C)CC=CCC3)CC2)CC1=O. The Hall–Kier alpha value is -1.32. The maximum atomic E-state index is 12.8. The molecule has 0 saturated carbocycles. The number of hydrogen-bond acceptors (Lipinski definition) is 2. The van der Waals surface area contributed by atoms with Crippen LogP contribution in [0.5, 0.6) is 0 Å². The van der Waals surface area contributed by atoms with Crippen LogP contribution in [-0.2, 0) is 9.59 Å². The Morgan fingerprint density at radius 1 is 1.19 bits per heavy atom. The van der Waals surface area contributed by atoms with Crippen molar-refractivity contribution in [3.05, 3.63) is 12.2 Å². The summed E-state index contributed by atoms with van der Waals surface area (Å²) in [4.78, 5) is 28.5. The fourth-order valence-corrected chi connectivity index (χ4v) is 4.16. The standard InChI is InChI=1S/C17H26N2O2/c1-16(6-4-3-5-7-16)15(21)19-10-8-17(9-11-19)12-14(20)18(2)13-17/h3-4H,5-13H2,1-2H3. The van der Waals surface area contributed by atoms with Crippen LogP contribution in [0, 0.1) is 10.8 Å². The van der Waals surface area contributed by atoms with E-state index in [0.29, 0.717) is 12.3 Å². The zero-order chi connectivity index (χ0) is 15.1. The molecule has 0 aromatic rings. The molecule has 0 radical (unpaired) electrons. The molecule has 116 valence electrons. The molecule has 2 heterocycles. The summed E-state index contributed by atoms with van der Waals surface area (Å²) >= 11 is 0. The molecule has 1 aliphatic carbocycles. The second kappa shape index (κ2) is 5.15. The van der Waals surface area contributed by atoms with Crippen LogP contribution in [0.25, 0.3) is 0 Å². The van der Waals surface area contributed by atoms with E-state index in [2.05, 4.69) is 19.1 Å². The third kappa shape index (κ3) is 2.60. The van der Waals surface area contributed by atoms with Crippen molar-refractivity contribution >= 4 is 11.8 Å².